The highest BCUT2D eigenvalue weighted by atomic mass is 32.2. The van der Waals surface area contributed by atoms with Crippen LogP contribution in [0.15, 0.2) is 65.1 Å². The summed E-state index contributed by atoms with van der Waals surface area (Å²) in [5, 5.41) is 11.1. The van der Waals surface area contributed by atoms with Gasteiger partial charge in [-0.15, -0.1) is 11.8 Å². The van der Waals surface area contributed by atoms with Crippen molar-refractivity contribution in [1.82, 2.24) is 0 Å². The Labute approximate surface area is 167 Å². The second-order valence-corrected chi connectivity index (χ2v) is 7.58. The molecular formula is C23H30O3S. The fraction of sp³-hybridized carbons (Fsp3) is 0.435. The van der Waals surface area contributed by atoms with Crippen molar-refractivity contribution in [2.75, 3.05) is 12.9 Å². The van der Waals surface area contributed by atoms with Gasteiger partial charge < -0.3 is 9.84 Å². The molecule has 1 aliphatic rings. The number of carbonyl (C=O) groups excluding carboxylic acids is 1. The number of hydrogen-bond donors (Lipinski definition) is 1. The van der Waals surface area contributed by atoms with E-state index in [9.17, 15) is 9.90 Å². The molecule has 1 N–H and O–H groups in total. The largest absolute Gasteiger partial charge is 0.494 e. The summed E-state index contributed by atoms with van der Waals surface area (Å²) in [6.45, 7) is 2.75. The number of unbranched alkanes of at least 4 members (excludes halogenated alkanes) is 3. The molecule has 0 amide bonds. The average Bonchev–Trinajstić information content (AvgIpc) is 2.92. The quantitative estimate of drug-likeness (QED) is 0.405. The molecule has 1 unspecified atom stereocenters. The molecule has 2 rings (SSSR count). The third-order valence-electron chi connectivity index (χ3n) is 4.61. The lowest BCUT2D eigenvalue weighted by atomic mass is 9.90. The SMILES string of the molecule is CCCC/C=C\C=C1\C(=O)C(SC)=CC1(O)CCCCOc1ccccc1. The van der Waals surface area contributed by atoms with Crippen molar-refractivity contribution in [2.24, 2.45) is 0 Å². The summed E-state index contributed by atoms with van der Waals surface area (Å²) in [4.78, 5) is 13.2. The average molecular weight is 387 g/mol. The summed E-state index contributed by atoms with van der Waals surface area (Å²) in [5.41, 5.74) is -0.680. The number of ether oxygens (including phenoxy) is 1. The first kappa shape index (κ1) is 21.5. The number of hydrogen-bond acceptors (Lipinski definition) is 4. The highest BCUT2D eigenvalue weighted by Crippen LogP contribution is 2.38. The standard InChI is InChI=1S/C23H30O3S/c1-3-4-5-6-10-15-20-22(24)21(27-2)18-23(20,25)16-11-12-17-26-19-13-8-7-9-14-19/h6-10,13-15,18,25H,3-5,11-12,16-17H2,1-2H3/b10-6-,20-15-. The van der Waals surface area contributed by atoms with Gasteiger partial charge in [0, 0.05) is 5.57 Å². The van der Waals surface area contributed by atoms with E-state index < -0.39 is 5.60 Å². The van der Waals surface area contributed by atoms with Crippen LogP contribution in [0.25, 0.3) is 0 Å². The topological polar surface area (TPSA) is 46.5 Å². The lowest BCUT2D eigenvalue weighted by Crippen LogP contribution is -2.28. The zero-order valence-corrected chi connectivity index (χ0v) is 17.1. The predicted octanol–water partition coefficient (Wildman–Crippen LogP) is 5.47. The van der Waals surface area contributed by atoms with Gasteiger partial charge in [-0.25, -0.2) is 0 Å². The smallest absolute Gasteiger partial charge is 0.198 e. The highest BCUT2D eigenvalue weighted by Gasteiger charge is 2.40. The van der Waals surface area contributed by atoms with Crippen molar-refractivity contribution in [2.45, 2.75) is 51.0 Å². The van der Waals surface area contributed by atoms with Crippen molar-refractivity contribution in [3.05, 3.63) is 65.1 Å². The number of para-hydroxylation sites is 1. The lowest BCUT2D eigenvalue weighted by molar-refractivity contribution is -0.112. The van der Waals surface area contributed by atoms with E-state index in [0.717, 1.165) is 37.9 Å². The fourth-order valence-corrected chi connectivity index (χ4v) is 3.66. The first-order chi connectivity index (χ1) is 13.1. The van der Waals surface area contributed by atoms with E-state index >= 15 is 0 Å². The molecule has 0 spiro atoms. The van der Waals surface area contributed by atoms with E-state index in [1.54, 1.807) is 12.2 Å². The van der Waals surface area contributed by atoms with Gasteiger partial charge in [-0.1, -0.05) is 56.2 Å². The van der Waals surface area contributed by atoms with Gasteiger partial charge in [-0.2, -0.15) is 0 Å². The maximum atomic E-state index is 12.6. The van der Waals surface area contributed by atoms with Crippen molar-refractivity contribution in [3.8, 4) is 5.75 Å². The molecule has 27 heavy (non-hydrogen) atoms. The lowest BCUT2D eigenvalue weighted by Gasteiger charge is -2.22. The molecule has 3 nitrogen and oxygen atoms in total. The Hall–Kier alpha value is -1.78. The van der Waals surface area contributed by atoms with Crippen LogP contribution in [0, 0.1) is 0 Å². The summed E-state index contributed by atoms with van der Waals surface area (Å²) in [5.74, 6) is 0.806. The Morgan fingerprint density at radius 1 is 1.19 bits per heavy atom. The summed E-state index contributed by atoms with van der Waals surface area (Å²) >= 11 is 1.40. The summed E-state index contributed by atoms with van der Waals surface area (Å²) in [6, 6.07) is 9.72. The van der Waals surface area contributed by atoms with Crippen molar-refractivity contribution >= 4 is 17.5 Å². The van der Waals surface area contributed by atoms with E-state index in [-0.39, 0.29) is 5.78 Å². The Bertz CT molecular complexity index is 691. The zero-order chi connectivity index (χ0) is 19.5. The van der Waals surface area contributed by atoms with Crippen LogP contribution in [0.4, 0.5) is 0 Å². The summed E-state index contributed by atoms with van der Waals surface area (Å²) in [7, 11) is 0. The second kappa shape index (κ2) is 11.2. The van der Waals surface area contributed by atoms with Crippen LogP contribution in [0.2, 0.25) is 0 Å². The molecule has 1 atom stereocenters. The molecule has 0 heterocycles. The van der Waals surface area contributed by atoms with Gasteiger partial charge in [-0.3, -0.25) is 4.79 Å². The molecular weight excluding hydrogens is 356 g/mol. The van der Waals surface area contributed by atoms with Crippen LogP contribution in [0.3, 0.4) is 0 Å². The fourth-order valence-electron chi connectivity index (χ4n) is 3.05. The number of carbonyl (C=O) groups is 1. The number of Topliss-reactive ketones (excluding diaryl/α,β-unsaturated/α-hetero) is 1. The molecule has 1 aromatic rings. The normalized spacial score (nSPS) is 21.2. The van der Waals surface area contributed by atoms with E-state index in [1.165, 1.54) is 11.8 Å². The van der Waals surface area contributed by atoms with Crippen LogP contribution in [-0.4, -0.2) is 29.4 Å². The predicted molar refractivity (Wildman–Crippen MR) is 114 cm³/mol. The molecule has 0 saturated heterocycles. The van der Waals surface area contributed by atoms with Crippen molar-refractivity contribution in [3.63, 3.8) is 0 Å². The summed E-state index contributed by atoms with van der Waals surface area (Å²) < 4.78 is 5.70. The van der Waals surface area contributed by atoms with Gasteiger partial charge >= 0.3 is 0 Å². The molecule has 1 aliphatic carbocycles. The second-order valence-electron chi connectivity index (χ2n) is 6.74. The van der Waals surface area contributed by atoms with Crippen LogP contribution in [0.1, 0.15) is 45.4 Å². The number of ketones is 1. The maximum absolute atomic E-state index is 12.6. The minimum Gasteiger partial charge on any atom is -0.494 e. The third-order valence-corrected chi connectivity index (χ3v) is 5.36. The number of aliphatic hydroxyl groups is 1. The van der Waals surface area contributed by atoms with Crippen LogP contribution in [-0.2, 0) is 4.79 Å². The van der Waals surface area contributed by atoms with Gasteiger partial charge in [0.15, 0.2) is 5.78 Å². The number of thioether (sulfide) groups is 1. The van der Waals surface area contributed by atoms with Crippen molar-refractivity contribution in [1.29, 1.82) is 0 Å². The minimum atomic E-state index is -1.17. The van der Waals surface area contributed by atoms with Crippen LogP contribution < -0.4 is 4.74 Å². The number of benzene rings is 1. The zero-order valence-electron chi connectivity index (χ0n) is 16.3. The Balaban J connectivity index is 1.91. The Kier molecular flexibility index (Phi) is 8.89. The molecule has 0 aromatic heterocycles. The monoisotopic (exact) mass is 386 g/mol. The third kappa shape index (κ3) is 6.40. The van der Waals surface area contributed by atoms with Crippen LogP contribution >= 0.6 is 11.8 Å². The van der Waals surface area contributed by atoms with Gasteiger partial charge in [0.2, 0.25) is 0 Å². The highest BCUT2D eigenvalue weighted by molar-refractivity contribution is 8.03. The molecule has 0 aliphatic heterocycles. The number of rotatable bonds is 11. The van der Waals surface area contributed by atoms with E-state index in [1.807, 2.05) is 42.7 Å². The van der Waals surface area contributed by atoms with E-state index in [2.05, 4.69) is 13.0 Å². The maximum Gasteiger partial charge on any atom is 0.198 e. The molecule has 4 heteroatoms. The Morgan fingerprint density at radius 2 is 1.96 bits per heavy atom. The van der Waals surface area contributed by atoms with Gasteiger partial charge in [-0.05, 0) is 50.1 Å². The summed E-state index contributed by atoms with van der Waals surface area (Å²) in [6.07, 6.45) is 14.8. The van der Waals surface area contributed by atoms with E-state index in [0.29, 0.717) is 23.5 Å². The van der Waals surface area contributed by atoms with Crippen LogP contribution in [0.5, 0.6) is 5.75 Å². The molecule has 0 saturated carbocycles. The van der Waals surface area contributed by atoms with Gasteiger partial charge in [0.05, 0.1) is 11.5 Å². The first-order valence-corrected chi connectivity index (χ1v) is 10.9. The van der Waals surface area contributed by atoms with Gasteiger partial charge in [0.25, 0.3) is 0 Å². The molecule has 146 valence electrons. The number of allylic oxidation sites excluding steroid dienone is 4. The molecule has 0 fully saturated rings. The van der Waals surface area contributed by atoms with E-state index in [4.69, 9.17) is 4.74 Å². The van der Waals surface area contributed by atoms with Gasteiger partial charge in [0.1, 0.15) is 11.4 Å². The molecule has 0 bridgehead atoms. The Morgan fingerprint density at radius 3 is 2.67 bits per heavy atom. The molecule has 1 aromatic carbocycles. The first-order valence-electron chi connectivity index (χ1n) is 9.70. The molecule has 0 radical (unpaired) electrons. The minimum absolute atomic E-state index is 0.0503. The van der Waals surface area contributed by atoms with Crippen molar-refractivity contribution < 1.29 is 14.6 Å².